The van der Waals surface area contributed by atoms with Gasteiger partial charge in [-0.2, -0.15) is 0 Å². The van der Waals surface area contributed by atoms with Crippen LogP contribution in [0, 0.1) is 5.92 Å². The summed E-state index contributed by atoms with van der Waals surface area (Å²) >= 11 is 3.32. The Morgan fingerprint density at radius 1 is 1.32 bits per heavy atom. The molecule has 9 heteroatoms. The number of carbonyl (C=O) groups excluding carboxylic acids is 1. The molecule has 0 aliphatic carbocycles. The van der Waals surface area contributed by atoms with Crippen molar-refractivity contribution in [2.75, 3.05) is 19.7 Å². The van der Waals surface area contributed by atoms with Crippen LogP contribution < -0.4 is 5.73 Å². The van der Waals surface area contributed by atoms with Gasteiger partial charge in [-0.3, -0.25) is 9.59 Å². The minimum atomic E-state index is -0.833. The Bertz CT molecular complexity index is 896. The smallest absolute Gasteiger partial charge is 0.300 e. The van der Waals surface area contributed by atoms with Crippen LogP contribution in [0.1, 0.15) is 72.0 Å². The van der Waals surface area contributed by atoms with Crippen molar-refractivity contribution in [3.8, 4) is 0 Å². The van der Waals surface area contributed by atoms with Crippen LogP contribution in [-0.2, 0) is 21.6 Å². The first-order chi connectivity index (χ1) is 14.7. The lowest BCUT2D eigenvalue weighted by molar-refractivity contribution is -0.134. The highest BCUT2D eigenvalue weighted by Crippen LogP contribution is 2.43. The number of fused-ring (bicyclic) bond motifs is 2. The molecular formula is C22H31N3O4S2. The summed E-state index contributed by atoms with van der Waals surface area (Å²) in [4.78, 5) is 29.8. The number of nitrogens with two attached hydrogens (primary N) is 1. The highest BCUT2D eigenvalue weighted by Gasteiger charge is 2.42. The number of hydrogen-bond acceptors (Lipinski definition) is 7. The molecule has 2 aliphatic rings. The number of thiazole rings is 1. The molecule has 0 saturated carbocycles. The van der Waals surface area contributed by atoms with Crippen LogP contribution in [0.25, 0.3) is 0 Å². The second-order valence-corrected chi connectivity index (χ2v) is 10.4. The molecule has 1 saturated heterocycles. The third kappa shape index (κ3) is 5.71. The predicted octanol–water partition coefficient (Wildman–Crippen LogP) is 4.05. The number of likely N-dealkylation sites (tertiary alicyclic amines) is 1. The number of rotatable bonds is 4. The molecule has 0 radical (unpaired) electrons. The molecule has 4 rings (SSSR count). The Hall–Kier alpha value is -1.81. The zero-order valence-corrected chi connectivity index (χ0v) is 19.9. The summed E-state index contributed by atoms with van der Waals surface area (Å²) in [6.07, 6.45) is 3.60. The fraction of sp³-hybridized carbons (Fsp3) is 0.591. The first kappa shape index (κ1) is 23.8. The number of aromatic nitrogens is 1. The standard InChI is InChI=1S/C20H27N3O2S2.C2H4O2/c1-13(2)11-15(21)18-22-16(12-27-18)19(24)23-7-5-20(6-8-23)14-4-10-26-17(14)3-9-25-20;1-2(3)4/h4,10,12-13,15H,3,5-9,11,21H2,1-2H3;1H3,(H,3,4)/t15-;/m0./s1. The molecule has 2 aromatic rings. The van der Waals surface area contributed by atoms with E-state index < -0.39 is 5.97 Å². The number of aliphatic carboxylic acids is 1. The molecule has 1 atom stereocenters. The summed E-state index contributed by atoms with van der Waals surface area (Å²) in [6, 6.07) is 2.12. The van der Waals surface area contributed by atoms with E-state index in [0.717, 1.165) is 44.2 Å². The molecular weight excluding hydrogens is 434 g/mol. The summed E-state index contributed by atoms with van der Waals surface area (Å²) in [7, 11) is 0. The van der Waals surface area contributed by atoms with Gasteiger partial charge in [0.05, 0.1) is 18.2 Å². The van der Waals surface area contributed by atoms with E-state index in [4.69, 9.17) is 20.4 Å². The van der Waals surface area contributed by atoms with Crippen LogP contribution in [0.15, 0.2) is 16.8 Å². The van der Waals surface area contributed by atoms with Crippen LogP contribution in [0.5, 0.6) is 0 Å². The highest BCUT2D eigenvalue weighted by atomic mass is 32.1. The zero-order valence-electron chi connectivity index (χ0n) is 18.3. The summed E-state index contributed by atoms with van der Waals surface area (Å²) in [5.41, 5.74) is 7.91. The van der Waals surface area contributed by atoms with E-state index in [2.05, 4.69) is 30.3 Å². The van der Waals surface area contributed by atoms with E-state index in [0.29, 0.717) is 24.7 Å². The lowest BCUT2D eigenvalue weighted by Gasteiger charge is -2.43. The van der Waals surface area contributed by atoms with Crippen LogP contribution in [0.3, 0.4) is 0 Å². The van der Waals surface area contributed by atoms with Crippen molar-refractivity contribution in [3.05, 3.63) is 38.0 Å². The third-order valence-corrected chi connectivity index (χ3v) is 7.54. The maximum atomic E-state index is 12.9. The van der Waals surface area contributed by atoms with Crippen LogP contribution in [-0.4, -0.2) is 46.6 Å². The van der Waals surface area contributed by atoms with E-state index in [-0.39, 0.29) is 17.6 Å². The summed E-state index contributed by atoms with van der Waals surface area (Å²) < 4.78 is 6.24. The van der Waals surface area contributed by atoms with Crippen molar-refractivity contribution in [1.82, 2.24) is 9.88 Å². The number of thiophene rings is 1. The molecule has 4 heterocycles. The van der Waals surface area contributed by atoms with E-state index in [9.17, 15) is 4.79 Å². The van der Waals surface area contributed by atoms with Gasteiger partial charge in [0.25, 0.3) is 11.9 Å². The van der Waals surface area contributed by atoms with Gasteiger partial charge in [0.15, 0.2) is 0 Å². The van der Waals surface area contributed by atoms with E-state index in [1.54, 1.807) is 0 Å². The minimum absolute atomic E-state index is 0.0189. The van der Waals surface area contributed by atoms with Crippen molar-refractivity contribution < 1.29 is 19.4 Å². The number of carboxylic acids is 1. The number of amides is 1. The number of piperidine rings is 1. The largest absolute Gasteiger partial charge is 0.481 e. The summed E-state index contributed by atoms with van der Waals surface area (Å²) in [6.45, 7) is 7.58. The Balaban J connectivity index is 0.000000628. The van der Waals surface area contributed by atoms with Gasteiger partial charge >= 0.3 is 0 Å². The first-order valence-electron chi connectivity index (χ1n) is 10.6. The topological polar surface area (TPSA) is 106 Å². The second kappa shape index (κ2) is 10.2. The molecule has 2 aromatic heterocycles. The molecule has 1 amide bonds. The molecule has 1 fully saturated rings. The Morgan fingerprint density at radius 2 is 2.00 bits per heavy atom. The quantitative estimate of drug-likeness (QED) is 0.706. The SMILES string of the molecule is CC(=O)O.CC(C)C[C@H](N)c1nc(C(=O)N2CCC3(CC2)OCCc2sccc23)cs1. The number of ether oxygens (including phenoxy) is 1. The second-order valence-electron chi connectivity index (χ2n) is 8.47. The van der Waals surface area contributed by atoms with Gasteiger partial charge in [-0.05, 0) is 42.2 Å². The van der Waals surface area contributed by atoms with Gasteiger partial charge in [0.1, 0.15) is 10.7 Å². The van der Waals surface area contributed by atoms with Gasteiger partial charge in [0.2, 0.25) is 0 Å². The zero-order chi connectivity index (χ0) is 22.6. The van der Waals surface area contributed by atoms with E-state index in [1.165, 1.54) is 21.8 Å². The predicted molar refractivity (Wildman–Crippen MR) is 123 cm³/mol. The number of carboxylic acid groups (broad SMARTS) is 1. The fourth-order valence-corrected chi connectivity index (χ4v) is 5.93. The average molecular weight is 466 g/mol. The highest BCUT2D eigenvalue weighted by molar-refractivity contribution is 7.10. The van der Waals surface area contributed by atoms with Crippen molar-refractivity contribution in [1.29, 1.82) is 0 Å². The lowest BCUT2D eigenvalue weighted by Crippen LogP contribution is -2.48. The van der Waals surface area contributed by atoms with Gasteiger partial charge in [-0.1, -0.05) is 13.8 Å². The normalized spacial score (nSPS) is 18.3. The summed E-state index contributed by atoms with van der Waals surface area (Å²) in [5.74, 6) is -0.302. The molecule has 170 valence electrons. The first-order valence-corrected chi connectivity index (χ1v) is 12.4. The molecule has 0 unspecified atom stereocenters. The van der Waals surface area contributed by atoms with Gasteiger partial charge in [0, 0.05) is 36.7 Å². The fourth-order valence-electron chi connectivity index (χ4n) is 4.17. The van der Waals surface area contributed by atoms with Crippen molar-refractivity contribution in [3.63, 3.8) is 0 Å². The number of carbonyl (C=O) groups is 2. The number of hydrogen-bond donors (Lipinski definition) is 2. The molecule has 7 nitrogen and oxygen atoms in total. The van der Waals surface area contributed by atoms with Crippen molar-refractivity contribution >= 4 is 34.6 Å². The molecule has 3 N–H and O–H groups in total. The van der Waals surface area contributed by atoms with E-state index >= 15 is 0 Å². The Kier molecular flexibility index (Phi) is 7.85. The van der Waals surface area contributed by atoms with Gasteiger partial charge in [-0.15, -0.1) is 22.7 Å². The molecule has 31 heavy (non-hydrogen) atoms. The average Bonchev–Trinajstić information content (AvgIpc) is 3.38. The minimum Gasteiger partial charge on any atom is -0.481 e. The maximum Gasteiger partial charge on any atom is 0.300 e. The molecule has 1 spiro atoms. The molecule has 2 aliphatic heterocycles. The lowest BCUT2D eigenvalue weighted by atomic mass is 9.82. The van der Waals surface area contributed by atoms with Gasteiger partial charge in [-0.25, -0.2) is 4.98 Å². The van der Waals surface area contributed by atoms with E-state index in [1.807, 2.05) is 21.6 Å². The Labute approximate surface area is 191 Å². The third-order valence-electron chi connectivity index (χ3n) is 5.59. The summed E-state index contributed by atoms with van der Waals surface area (Å²) in [5, 5.41) is 12.3. The van der Waals surface area contributed by atoms with Crippen LogP contribution in [0.2, 0.25) is 0 Å². The van der Waals surface area contributed by atoms with Crippen LogP contribution >= 0.6 is 22.7 Å². The number of nitrogens with zero attached hydrogens (tertiary/aromatic N) is 2. The molecule has 0 bridgehead atoms. The van der Waals surface area contributed by atoms with Crippen molar-refractivity contribution in [2.45, 2.75) is 58.1 Å². The van der Waals surface area contributed by atoms with Gasteiger partial charge < -0.3 is 20.5 Å². The monoisotopic (exact) mass is 465 g/mol. The Morgan fingerprint density at radius 3 is 2.65 bits per heavy atom. The van der Waals surface area contributed by atoms with Crippen molar-refractivity contribution in [2.24, 2.45) is 11.7 Å². The molecule has 0 aromatic carbocycles. The maximum absolute atomic E-state index is 12.9. The van der Waals surface area contributed by atoms with Crippen LogP contribution in [0.4, 0.5) is 0 Å².